The van der Waals surface area contributed by atoms with Crippen LogP contribution in [-0.4, -0.2) is 27.5 Å². The summed E-state index contributed by atoms with van der Waals surface area (Å²) in [6.45, 7) is 5.40. The SMILES string of the molecule is C=C(NCc1ccc(CCCNC(=O)COCc2ccc(F)cc2)cc1)c1ccccc1NS(=O)(=O)Cc1ccccc1. The van der Waals surface area contributed by atoms with Gasteiger partial charge in [-0.25, -0.2) is 12.8 Å². The summed E-state index contributed by atoms with van der Waals surface area (Å²) in [5.41, 5.74) is 5.49. The molecule has 0 saturated heterocycles. The molecule has 0 atom stereocenters. The maximum Gasteiger partial charge on any atom is 0.246 e. The van der Waals surface area contributed by atoms with Crippen LogP contribution in [0.2, 0.25) is 0 Å². The van der Waals surface area contributed by atoms with Crippen LogP contribution in [0.4, 0.5) is 10.1 Å². The molecule has 0 aromatic heterocycles. The summed E-state index contributed by atoms with van der Waals surface area (Å²) in [7, 11) is -3.61. The smallest absolute Gasteiger partial charge is 0.246 e. The van der Waals surface area contributed by atoms with Gasteiger partial charge in [-0.2, -0.15) is 0 Å². The van der Waals surface area contributed by atoms with Gasteiger partial charge in [0, 0.05) is 24.4 Å². The van der Waals surface area contributed by atoms with E-state index in [1.807, 2.05) is 42.5 Å². The van der Waals surface area contributed by atoms with Gasteiger partial charge in [0.1, 0.15) is 12.4 Å². The van der Waals surface area contributed by atoms with Crippen molar-refractivity contribution < 1.29 is 22.3 Å². The van der Waals surface area contributed by atoms with Gasteiger partial charge < -0.3 is 15.4 Å². The zero-order valence-corrected chi connectivity index (χ0v) is 24.7. The molecule has 0 saturated carbocycles. The molecule has 0 heterocycles. The van der Waals surface area contributed by atoms with E-state index in [-0.39, 0.29) is 30.7 Å². The predicted molar refractivity (Wildman–Crippen MR) is 169 cm³/mol. The summed E-state index contributed by atoms with van der Waals surface area (Å²) in [5.74, 6) is -0.608. The Morgan fingerprint density at radius 1 is 0.767 bits per heavy atom. The number of ether oxygens (including phenoxy) is 1. The van der Waals surface area contributed by atoms with E-state index in [0.29, 0.717) is 35.6 Å². The van der Waals surface area contributed by atoms with E-state index >= 15 is 0 Å². The number of aryl methyl sites for hydroxylation is 1. The zero-order valence-electron chi connectivity index (χ0n) is 23.9. The number of amides is 1. The molecule has 0 spiro atoms. The van der Waals surface area contributed by atoms with Crippen LogP contribution in [0.15, 0.2) is 110 Å². The highest BCUT2D eigenvalue weighted by Crippen LogP contribution is 2.23. The second kappa shape index (κ2) is 15.7. The number of benzene rings is 4. The van der Waals surface area contributed by atoms with Gasteiger partial charge in [0.05, 0.1) is 18.0 Å². The number of halogens is 1. The number of hydrogen-bond acceptors (Lipinski definition) is 5. The highest BCUT2D eigenvalue weighted by atomic mass is 32.2. The van der Waals surface area contributed by atoms with Gasteiger partial charge in [-0.1, -0.05) is 91.5 Å². The fourth-order valence-electron chi connectivity index (χ4n) is 4.37. The van der Waals surface area contributed by atoms with Crippen molar-refractivity contribution in [1.82, 2.24) is 10.6 Å². The van der Waals surface area contributed by atoms with Crippen LogP contribution in [0.25, 0.3) is 5.70 Å². The molecule has 0 bridgehead atoms. The van der Waals surface area contributed by atoms with Gasteiger partial charge >= 0.3 is 0 Å². The first-order valence-electron chi connectivity index (χ1n) is 14.0. The minimum absolute atomic E-state index is 0.0472. The van der Waals surface area contributed by atoms with Gasteiger partial charge in [0.25, 0.3) is 0 Å². The molecule has 43 heavy (non-hydrogen) atoms. The third kappa shape index (κ3) is 10.7. The topological polar surface area (TPSA) is 96.5 Å². The van der Waals surface area contributed by atoms with E-state index in [2.05, 4.69) is 34.1 Å². The second-order valence-electron chi connectivity index (χ2n) is 10.1. The number of carbonyl (C=O) groups is 1. The average molecular weight is 602 g/mol. The lowest BCUT2D eigenvalue weighted by Gasteiger charge is -2.16. The van der Waals surface area contributed by atoms with E-state index < -0.39 is 10.0 Å². The van der Waals surface area contributed by atoms with Crippen LogP contribution in [-0.2, 0) is 44.9 Å². The standard InChI is InChI=1S/C34H36FN3O4S/c1-26(32-11-5-6-12-33(32)38-43(40,41)25-30-8-3-2-4-9-30)37-22-28-15-13-27(14-16-28)10-7-21-36-34(39)24-42-23-29-17-19-31(35)20-18-29/h2-6,8-9,11-20,37-38H,1,7,10,21-25H2,(H,36,39). The van der Waals surface area contributed by atoms with Crippen LogP contribution >= 0.6 is 0 Å². The zero-order chi connectivity index (χ0) is 30.5. The Balaban J connectivity index is 1.17. The minimum atomic E-state index is -3.61. The van der Waals surface area contributed by atoms with E-state index in [0.717, 1.165) is 29.5 Å². The lowest BCUT2D eigenvalue weighted by Crippen LogP contribution is -2.28. The van der Waals surface area contributed by atoms with E-state index in [9.17, 15) is 17.6 Å². The van der Waals surface area contributed by atoms with Crippen LogP contribution in [0.1, 0.15) is 34.2 Å². The van der Waals surface area contributed by atoms with E-state index in [1.54, 1.807) is 36.4 Å². The number of rotatable bonds is 16. The van der Waals surface area contributed by atoms with Crippen molar-refractivity contribution in [2.75, 3.05) is 17.9 Å². The summed E-state index contributed by atoms with van der Waals surface area (Å²) < 4.78 is 46.6. The van der Waals surface area contributed by atoms with Crippen LogP contribution in [0.3, 0.4) is 0 Å². The molecule has 0 unspecified atom stereocenters. The molecule has 0 fully saturated rings. The molecule has 1 amide bonds. The Morgan fingerprint density at radius 2 is 1.42 bits per heavy atom. The molecule has 3 N–H and O–H groups in total. The van der Waals surface area contributed by atoms with Crippen molar-refractivity contribution in [3.05, 3.63) is 143 Å². The number of sulfonamides is 1. The number of carbonyl (C=O) groups excluding carboxylic acids is 1. The Kier molecular flexibility index (Phi) is 11.5. The monoisotopic (exact) mass is 601 g/mol. The molecule has 4 rings (SSSR count). The molecular weight excluding hydrogens is 565 g/mol. The van der Waals surface area contributed by atoms with Crippen LogP contribution in [0.5, 0.6) is 0 Å². The Hall–Kier alpha value is -4.47. The molecule has 4 aromatic carbocycles. The predicted octanol–water partition coefficient (Wildman–Crippen LogP) is 5.79. The number of anilines is 1. The van der Waals surface area contributed by atoms with E-state index in [1.165, 1.54) is 12.1 Å². The molecule has 224 valence electrons. The van der Waals surface area contributed by atoms with Crippen molar-refractivity contribution in [2.24, 2.45) is 0 Å². The molecule has 9 heteroatoms. The quantitative estimate of drug-likeness (QED) is 0.141. The maximum absolute atomic E-state index is 12.9. The number of hydrogen-bond donors (Lipinski definition) is 3. The molecule has 4 aromatic rings. The number of para-hydroxylation sites is 1. The summed E-state index contributed by atoms with van der Waals surface area (Å²) in [6, 6.07) is 30.4. The molecule has 0 aliphatic carbocycles. The highest BCUT2D eigenvalue weighted by molar-refractivity contribution is 7.91. The fourth-order valence-corrected chi connectivity index (χ4v) is 5.59. The lowest BCUT2D eigenvalue weighted by atomic mass is 10.1. The van der Waals surface area contributed by atoms with Crippen molar-refractivity contribution in [2.45, 2.75) is 31.7 Å². The van der Waals surface area contributed by atoms with Gasteiger partial charge in [-0.3, -0.25) is 9.52 Å². The summed E-state index contributed by atoms with van der Waals surface area (Å²) in [5, 5.41) is 6.15. The molecule has 0 aliphatic rings. The third-order valence-corrected chi connectivity index (χ3v) is 7.87. The lowest BCUT2D eigenvalue weighted by molar-refractivity contribution is -0.126. The first-order valence-corrected chi connectivity index (χ1v) is 15.7. The van der Waals surface area contributed by atoms with Crippen LogP contribution < -0.4 is 15.4 Å². The summed E-state index contributed by atoms with van der Waals surface area (Å²) in [6.07, 6.45) is 1.60. The van der Waals surface area contributed by atoms with Crippen molar-refractivity contribution in [1.29, 1.82) is 0 Å². The third-order valence-electron chi connectivity index (χ3n) is 6.63. The van der Waals surface area contributed by atoms with Gasteiger partial charge in [-0.15, -0.1) is 0 Å². The van der Waals surface area contributed by atoms with Gasteiger partial charge in [0.2, 0.25) is 15.9 Å². The highest BCUT2D eigenvalue weighted by Gasteiger charge is 2.15. The first kappa shape index (κ1) is 31.5. The Labute approximate surface area is 252 Å². The molecular formula is C34H36FN3O4S. The molecule has 0 radical (unpaired) electrons. The minimum Gasteiger partial charge on any atom is -0.381 e. The first-order chi connectivity index (χ1) is 20.8. The van der Waals surface area contributed by atoms with E-state index in [4.69, 9.17) is 4.74 Å². The maximum atomic E-state index is 12.9. The van der Waals surface area contributed by atoms with Crippen LogP contribution in [0, 0.1) is 5.82 Å². The van der Waals surface area contributed by atoms with Gasteiger partial charge in [0.15, 0.2) is 0 Å². The molecule has 0 aliphatic heterocycles. The molecule has 7 nitrogen and oxygen atoms in total. The normalized spacial score (nSPS) is 11.1. The van der Waals surface area contributed by atoms with Crippen molar-refractivity contribution in [3.63, 3.8) is 0 Å². The fraction of sp³-hybridized carbons (Fsp3) is 0.206. The largest absolute Gasteiger partial charge is 0.381 e. The van der Waals surface area contributed by atoms with Gasteiger partial charge in [-0.05, 0) is 53.3 Å². The Morgan fingerprint density at radius 3 is 2.16 bits per heavy atom. The second-order valence-corrected chi connectivity index (χ2v) is 11.8. The number of nitrogens with one attached hydrogen (secondary N) is 3. The Bertz CT molecular complexity index is 1590. The van der Waals surface area contributed by atoms with Crippen molar-refractivity contribution in [3.8, 4) is 0 Å². The average Bonchev–Trinajstić information content (AvgIpc) is 3.00. The van der Waals surface area contributed by atoms with Crippen molar-refractivity contribution >= 4 is 27.3 Å². The summed E-state index contributed by atoms with van der Waals surface area (Å²) >= 11 is 0. The summed E-state index contributed by atoms with van der Waals surface area (Å²) in [4.78, 5) is 12.0.